The number of benzene rings is 1. The number of rotatable bonds is 6. The molecule has 2 rings (SSSR count). The van der Waals surface area contributed by atoms with Gasteiger partial charge >= 0.3 is 0 Å². The molecule has 0 aliphatic carbocycles. The molecule has 0 bridgehead atoms. The van der Waals surface area contributed by atoms with Crippen molar-refractivity contribution >= 4 is 11.6 Å². The van der Waals surface area contributed by atoms with Crippen molar-refractivity contribution in [1.82, 2.24) is 14.9 Å². The minimum absolute atomic E-state index is 0.153. The third-order valence-corrected chi connectivity index (χ3v) is 3.85. The number of hydrogen-bond acceptors (Lipinski definition) is 4. The lowest BCUT2D eigenvalue weighted by molar-refractivity contribution is 0.354. The number of methoxy groups -OCH3 is 2. The lowest BCUT2D eigenvalue weighted by Gasteiger charge is -2.16. The van der Waals surface area contributed by atoms with E-state index in [4.69, 9.17) is 21.1 Å². The van der Waals surface area contributed by atoms with E-state index in [1.165, 1.54) is 0 Å². The van der Waals surface area contributed by atoms with Crippen LogP contribution in [-0.2, 0) is 13.6 Å². The fourth-order valence-corrected chi connectivity index (χ4v) is 2.22. The highest BCUT2D eigenvalue weighted by Crippen LogP contribution is 2.29. The molecule has 0 aliphatic heterocycles. The fraction of sp³-hybridized carbons (Fsp3) is 0.400. The summed E-state index contributed by atoms with van der Waals surface area (Å²) in [6, 6.07) is 6.05. The summed E-state index contributed by atoms with van der Waals surface area (Å²) in [4.78, 5) is 4.27. The molecular weight excluding hydrogens is 290 g/mol. The number of hydrogen-bond donors (Lipinski definition) is 1. The third kappa shape index (κ3) is 3.49. The molecule has 1 aromatic heterocycles. The first-order valence-electron chi connectivity index (χ1n) is 6.68. The van der Waals surface area contributed by atoms with Gasteiger partial charge in [-0.25, -0.2) is 4.98 Å². The van der Waals surface area contributed by atoms with Crippen molar-refractivity contribution < 1.29 is 9.47 Å². The summed E-state index contributed by atoms with van der Waals surface area (Å²) in [5, 5.41) is 4.05. The van der Waals surface area contributed by atoms with Crippen molar-refractivity contribution in [3.8, 4) is 11.5 Å². The smallest absolute Gasteiger partial charge is 0.161 e. The minimum atomic E-state index is 0.153. The highest BCUT2D eigenvalue weighted by Gasteiger charge is 2.11. The normalized spacial score (nSPS) is 12.2. The Morgan fingerprint density at radius 3 is 2.57 bits per heavy atom. The average molecular weight is 310 g/mol. The Bertz CT molecular complexity index is 613. The molecule has 0 spiro atoms. The zero-order chi connectivity index (χ0) is 15.4. The molecule has 5 nitrogen and oxygen atoms in total. The standard InChI is InChI=1S/C15H20ClN3O2/c1-10(17-9-15-18-8-14(16)19(15)2)11-5-6-12(20-3)13(7-11)21-4/h5-8,10,17H,9H2,1-4H3. The summed E-state index contributed by atoms with van der Waals surface area (Å²) in [5.74, 6) is 2.35. The first kappa shape index (κ1) is 15.7. The van der Waals surface area contributed by atoms with E-state index in [0.29, 0.717) is 11.7 Å². The lowest BCUT2D eigenvalue weighted by Crippen LogP contribution is -2.20. The van der Waals surface area contributed by atoms with Crippen LogP contribution in [0.3, 0.4) is 0 Å². The van der Waals surface area contributed by atoms with Gasteiger partial charge in [0, 0.05) is 13.1 Å². The zero-order valence-corrected chi connectivity index (χ0v) is 13.4. The predicted molar refractivity (Wildman–Crippen MR) is 83.0 cm³/mol. The van der Waals surface area contributed by atoms with Gasteiger partial charge in [-0.1, -0.05) is 17.7 Å². The molecule has 0 saturated carbocycles. The highest BCUT2D eigenvalue weighted by molar-refractivity contribution is 6.29. The van der Waals surface area contributed by atoms with Gasteiger partial charge in [-0.05, 0) is 24.6 Å². The Hall–Kier alpha value is -1.72. The SMILES string of the molecule is COc1ccc(C(C)NCc2ncc(Cl)n2C)cc1OC. The largest absolute Gasteiger partial charge is 0.493 e. The van der Waals surface area contributed by atoms with Gasteiger partial charge < -0.3 is 19.4 Å². The summed E-state index contributed by atoms with van der Waals surface area (Å²) in [7, 11) is 5.16. The van der Waals surface area contributed by atoms with Crippen LogP contribution in [0.5, 0.6) is 11.5 Å². The van der Waals surface area contributed by atoms with E-state index in [9.17, 15) is 0 Å². The van der Waals surface area contributed by atoms with Gasteiger partial charge in [0.15, 0.2) is 11.5 Å². The summed E-state index contributed by atoms with van der Waals surface area (Å²) >= 11 is 5.98. The van der Waals surface area contributed by atoms with E-state index in [0.717, 1.165) is 22.9 Å². The molecule has 6 heteroatoms. The van der Waals surface area contributed by atoms with Crippen LogP contribution in [0, 0.1) is 0 Å². The van der Waals surface area contributed by atoms with E-state index in [2.05, 4.69) is 17.2 Å². The van der Waals surface area contributed by atoms with Crippen LogP contribution in [0.2, 0.25) is 5.15 Å². The van der Waals surface area contributed by atoms with Crippen LogP contribution >= 0.6 is 11.6 Å². The van der Waals surface area contributed by atoms with Crippen LogP contribution in [0.15, 0.2) is 24.4 Å². The second-order valence-electron chi connectivity index (χ2n) is 4.77. The van der Waals surface area contributed by atoms with Crippen molar-refractivity contribution in [1.29, 1.82) is 0 Å². The lowest BCUT2D eigenvalue weighted by atomic mass is 10.1. The van der Waals surface area contributed by atoms with E-state index < -0.39 is 0 Å². The van der Waals surface area contributed by atoms with Crippen LogP contribution in [0.25, 0.3) is 0 Å². The molecule has 0 fully saturated rings. The number of aromatic nitrogens is 2. The molecule has 0 radical (unpaired) electrons. The average Bonchev–Trinajstić information content (AvgIpc) is 2.83. The third-order valence-electron chi connectivity index (χ3n) is 3.50. The van der Waals surface area contributed by atoms with Crippen molar-refractivity contribution in [2.45, 2.75) is 19.5 Å². The molecular formula is C15H20ClN3O2. The highest BCUT2D eigenvalue weighted by atomic mass is 35.5. The molecule has 2 aromatic rings. The zero-order valence-electron chi connectivity index (χ0n) is 12.7. The van der Waals surface area contributed by atoms with Crippen molar-refractivity contribution in [3.63, 3.8) is 0 Å². The summed E-state index contributed by atoms with van der Waals surface area (Å²) in [5.41, 5.74) is 1.12. The van der Waals surface area contributed by atoms with E-state index in [1.54, 1.807) is 20.4 Å². The van der Waals surface area contributed by atoms with Gasteiger partial charge in [-0.15, -0.1) is 0 Å². The molecule has 1 aromatic carbocycles. The van der Waals surface area contributed by atoms with Gasteiger partial charge in [0.25, 0.3) is 0 Å². The maximum Gasteiger partial charge on any atom is 0.161 e. The van der Waals surface area contributed by atoms with Crippen LogP contribution in [-0.4, -0.2) is 23.8 Å². The van der Waals surface area contributed by atoms with Gasteiger partial charge in [0.05, 0.1) is 27.0 Å². The van der Waals surface area contributed by atoms with Crippen LogP contribution in [0.1, 0.15) is 24.4 Å². The van der Waals surface area contributed by atoms with Crippen molar-refractivity contribution in [2.75, 3.05) is 14.2 Å². The summed E-state index contributed by atoms with van der Waals surface area (Å²) in [6.45, 7) is 2.73. The van der Waals surface area contributed by atoms with Gasteiger partial charge in [0.1, 0.15) is 11.0 Å². The fourth-order valence-electron chi connectivity index (χ4n) is 2.07. The summed E-state index contributed by atoms with van der Waals surface area (Å²) < 4.78 is 12.4. The molecule has 0 aliphatic rings. The Labute approximate surface area is 129 Å². The second-order valence-corrected chi connectivity index (χ2v) is 5.16. The second kappa shape index (κ2) is 6.83. The number of imidazole rings is 1. The van der Waals surface area contributed by atoms with Gasteiger partial charge in [0.2, 0.25) is 0 Å². The van der Waals surface area contributed by atoms with Crippen LogP contribution < -0.4 is 14.8 Å². The molecule has 1 atom stereocenters. The molecule has 1 heterocycles. The maximum atomic E-state index is 5.98. The number of nitrogens with zero attached hydrogens (tertiary/aromatic N) is 2. The molecule has 21 heavy (non-hydrogen) atoms. The quantitative estimate of drug-likeness (QED) is 0.891. The molecule has 1 N–H and O–H groups in total. The van der Waals surface area contributed by atoms with Crippen molar-refractivity contribution in [3.05, 3.63) is 40.9 Å². The predicted octanol–water partition coefficient (Wildman–Crippen LogP) is 2.94. The molecule has 1 unspecified atom stereocenters. The molecule has 0 saturated heterocycles. The Kier molecular flexibility index (Phi) is 5.09. The summed E-state index contributed by atoms with van der Waals surface area (Å²) in [6.07, 6.45) is 1.65. The monoisotopic (exact) mass is 309 g/mol. The van der Waals surface area contributed by atoms with E-state index >= 15 is 0 Å². The Morgan fingerprint density at radius 2 is 2.00 bits per heavy atom. The first-order chi connectivity index (χ1) is 10.1. The van der Waals surface area contributed by atoms with Crippen molar-refractivity contribution in [2.24, 2.45) is 7.05 Å². The number of nitrogens with one attached hydrogen (secondary N) is 1. The Balaban J connectivity index is 2.06. The topological polar surface area (TPSA) is 48.3 Å². The Morgan fingerprint density at radius 1 is 1.29 bits per heavy atom. The van der Waals surface area contributed by atoms with Gasteiger partial charge in [-0.2, -0.15) is 0 Å². The minimum Gasteiger partial charge on any atom is -0.493 e. The maximum absolute atomic E-state index is 5.98. The molecule has 0 amide bonds. The van der Waals surface area contributed by atoms with Crippen LogP contribution in [0.4, 0.5) is 0 Å². The molecule has 114 valence electrons. The number of ether oxygens (including phenoxy) is 2. The number of halogens is 1. The van der Waals surface area contributed by atoms with E-state index in [1.807, 2.05) is 29.8 Å². The van der Waals surface area contributed by atoms with Gasteiger partial charge in [-0.3, -0.25) is 0 Å². The van der Waals surface area contributed by atoms with E-state index in [-0.39, 0.29) is 6.04 Å². The first-order valence-corrected chi connectivity index (χ1v) is 7.06.